The average Bonchev–Trinajstić information content (AvgIpc) is 4.51. The number of para-hydroxylation sites is 6. The third kappa shape index (κ3) is 5.12. The van der Waals surface area contributed by atoms with Gasteiger partial charge in [0.05, 0.1) is 62.3 Å². The van der Waals surface area contributed by atoms with Gasteiger partial charge in [0.1, 0.15) is 22.8 Å². The lowest BCUT2D eigenvalue weighted by Gasteiger charge is -2.26. The smallest absolute Gasteiger partial charge is 0.237 e. The van der Waals surface area contributed by atoms with Crippen molar-refractivity contribution in [2.45, 2.75) is 0 Å². The number of nitriles is 1. The average molecular weight is 971 g/mol. The lowest BCUT2D eigenvalue weighted by atomic mass is 9.93. The van der Waals surface area contributed by atoms with Gasteiger partial charge in [0.15, 0.2) is 16.7 Å². The monoisotopic (exact) mass is 970 g/mol. The molecule has 0 aliphatic heterocycles. The molecule has 7 aromatic heterocycles. The second-order valence-corrected chi connectivity index (χ2v) is 19.5. The Bertz CT molecular complexity index is 5510. The molecule has 76 heavy (non-hydrogen) atoms. The van der Waals surface area contributed by atoms with E-state index >= 15 is 0 Å². The van der Waals surface area contributed by atoms with Crippen molar-refractivity contribution in [3.63, 3.8) is 0 Å². The molecular formula is C67H34N6O3. The van der Waals surface area contributed by atoms with Crippen molar-refractivity contribution in [3.8, 4) is 34.3 Å². The van der Waals surface area contributed by atoms with Crippen LogP contribution in [0.4, 0.5) is 5.69 Å². The van der Waals surface area contributed by atoms with E-state index in [2.05, 4.69) is 123 Å². The lowest BCUT2D eigenvalue weighted by molar-refractivity contribution is 0.670. The first-order valence-electron chi connectivity index (χ1n) is 25.1. The van der Waals surface area contributed by atoms with E-state index in [1.165, 1.54) is 0 Å². The molecule has 350 valence electrons. The molecule has 0 atom stereocenters. The van der Waals surface area contributed by atoms with Gasteiger partial charge in [-0.2, -0.15) is 5.26 Å². The van der Waals surface area contributed by atoms with Gasteiger partial charge in [-0.25, -0.2) is 4.85 Å². The Balaban J connectivity index is 1.19. The maximum atomic E-state index is 12.4. The van der Waals surface area contributed by atoms with Crippen LogP contribution in [0.1, 0.15) is 5.56 Å². The molecule has 9 nitrogen and oxygen atoms in total. The molecule has 0 unspecified atom stereocenters. The predicted octanol–water partition coefficient (Wildman–Crippen LogP) is 18.2. The van der Waals surface area contributed by atoms with Crippen LogP contribution in [-0.4, -0.2) is 18.7 Å². The lowest BCUT2D eigenvalue weighted by Crippen LogP contribution is -2.11. The summed E-state index contributed by atoms with van der Waals surface area (Å²) in [5.74, 6) is 0. The Morgan fingerprint density at radius 3 is 1.18 bits per heavy atom. The fourth-order valence-corrected chi connectivity index (χ4v) is 12.7. The summed E-state index contributed by atoms with van der Waals surface area (Å²) >= 11 is 0. The number of nitrogens with zero attached hydrogens (tertiary/aromatic N) is 6. The molecule has 17 rings (SSSR count). The van der Waals surface area contributed by atoms with Crippen molar-refractivity contribution in [1.29, 1.82) is 5.26 Å². The van der Waals surface area contributed by atoms with Crippen molar-refractivity contribution >= 4 is 137 Å². The highest BCUT2D eigenvalue weighted by atomic mass is 16.3. The SMILES string of the molecule is [C-]#[N+]c1c(-n2c3ccccc3c3ccc4c5ccccc5oc4c32)c(C#N)c(-c2cccnc2)c(-n2c3ccccc3c3ccc4c5ccccc5oc4c32)c1-n1c2ccccc2c2ccc3c4ccccc4oc3c21. The van der Waals surface area contributed by atoms with Crippen LogP contribution in [0, 0.1) is 17.9 Å². The van der Waals surface area contributed by atoms with Gasteiger partial charge in [0, 0.05) is 88.2 Å². The first-order chi connectivity index (χ1) is 37.7. The van der Waals surface area contributed by atoms with Gasteiger partial charge in [-0.1, -0.05) is 133 Å². The van der Waals surface area contributed by atoms with Gasteiger partial charge < -0.3 is 27.0 Å². The molecule has 17 aromatic rings. The van der Waals surface area contributed by atoms with Crippen LogP contribution >= 0.6 is 0 Å². The quantitative estimate of drug-likeness (QED) is 0.164. The molecule has 0 N–H and O–H groups in total. The molecule has 0 amide bonds. The second-order valence-electron chi connectivity index (χ2n) is 19.5. The maximum absolute atomic E-state index is 12.4. The zero-order chi connectivity index (χ0) is 49.9. The van der Waals surface area contributed by atoms with Crippen molar-refractivity contribution in [1.82, 2.24) is 18.7 Å². The molecule has 7 heterocycles. The molecule has 0 saturated carbocycles. The van der Waals surface area contributed by atoms with Gasteiger partial charge >= 0.3 is 0 Å². The van der Waals surface area contributed by atoms with E-state index in [1.807, 2.05) is 97.2 Å². The minimum Gasteiger partial charge on any atom is -0.454 e. The molecule has 0 saturated heterocycles. The van der Waals surface area contributed by atoms with Crippen LogP contribution < -0.4 is 0 Å². The highest BCUT2D eigenvalue weighted by Crippen LogP contribution is 2.54. The highest BCUT2D eigenvalue weighted by Gasteiger charge is 2.35. The first kappa shape index (κ1) is 40.7. The molecule has 0 spiro atoms. The summed E-state index contributed by atoms with van der Waals surface area (Å²) in [6.07, 6.45) is 3.57. The fourth-order valence-electron chi connectivity index (χ4n) is 12.7. The van der Waals surface area contributed by atoms with Crippen LogP contribution in [0.25, 0.3) is 164 Å². The fraction of sp³-hybridized carbons (Fsp3) is 0. The molecular weight excluding hydrogens is 937 g/mol. The van der Waals surface area contributed by atoms with Gasteiger partial charge in [0.25, 0.3) is 0 Å². The van der Waals surface area contributed by atoms with Crippen molar-refractivity contribution < 1.29 is 13.3 Å². The summed E-state index contributed by atoms with van der Waals surface area (Å²) in [7, 11) is 0. The van der Waals surface area contributed by atoms with E-state index < -0.39 is 0 Å². The molecule has 0 aliphatic rings. The minimum atomic E-state index is 0.244. The Kier molecular flexibility index (Phi) is 7.96. The third-order valence-electron chi connectivity index (χ3n) is 15.8. The zero-order valence-electron chi connectivity index (χ0n) is 40.0. The Hall–Kier alpha value is -10.9. The summed E-state index contributed by atoms with van der Waals surface area (Å²) in [4.78, 5) is 9.55. The van der Waals surface area contributed by atoms with Gasteiger partial charge in [-0.3, -0.25) is 4.98 Å². The molecule has 10 aromatic carbocycles. The predicted molar refractivity (Wildman–Crippen MR) is 306 cm³/mol. The van der Waals surface area contributed by atoms with E-state index in [4.69, 9.17) is 23.1 Å². The van der Waals surface area contributed by atoms with E-state index in [9.17, 15) is 11.8 Å². The van der Waals surface area contributed by atoms with E-state index in [-0.39, 0.29) is 11.3 Å². The number of hydrogen-bond acceptors (Lipinski definition) is 5. The number of fused-ring (bicyclic) bond motifs is 21. The summed E-state index contributed by atoms with van der Waals surface area (Å²) in [6, 6.07) is 68.8. The van der Waals surface area contributed by atoms with Crippen LogP contribution in [0.5, 0.6) is 0 Å². The van der Waals surface area contributed by atoms with E-state index in [1.54, 1.807) is 6.20 Å². The minimum absolute atomic E-state index is 0.244. The second kappa shape index (κ2) is 14.9. The normalized spacial score (nSPS) is 12.2. The standard InChI is InChI=1S/C67H34N6O3/c1-69-58-59(71-51-22-8-2-16-38(51)44-28-31-47-41-19-5-11-25-54(41)74-65(47)60(44)71)50(35-68)57(37-15-14-34-70-36-37)63(72-52-23-9-3-17-39(52)45-29-32-48-42-20-6-12-26-55(42)75-66(48)61(45)72)64(58)73-53-24-10-4-18-40(53)46-30-33-49-43-21-7-13-27-56(43)76-67(49)62(46)73/h2-34,36H. The number of furan rings is 3. The molecule has 0 aliphatic carbocycles. The van der Waals surface area contributed by atoms with Crippen LogP contribution in [0.15, 0.2) is 220 Å². The highest BCUT2D eigenvalue weighted by molar-refractivity contribution is 6.26. The van der Waals surface area contributed by atoms with Gasteiger partial charge in [-0.15, -0.1) is 0 Å². The van der Waals surface area contributed by atoms with Gasteiger partial charge in [0.2, 0.25) is 5.69 Å². The Morgan fingerprint density at radius 1 is 0.395 bits per heavy atom. The summed E-state index contributed by atoms with van der Waals surface area (Å²) in [5.41, 5.74) is 12.4. The van der Waals surface area contributed by atoms with E-state index in [0.29, 0.717) is 44.9 Å². The zero-order valence-corrected chi connectivity index (χ0v) is 40.0. The number of aromatic nitrogens is 4. The number of rotatable bonds is 4. The number of hydrogen-bond donors (Lipinski definition) is 0. The van der Waals surface area contributed by atoms with Crippen molar-refractivity contribution in [2.24, 2.45) is 0 Å². The van der Waals surface area contributed by atoms with Crippen molar-refractivity contribution in [2.75, 3.05) is 0 Å². The first-order valence-corrected chi connectivity index (χ1v) is 25.1. The van der Waals surface area contributed by atoms with E-state index in [0.717, 1.165) is 114 Å². The number of pyridine rings is 1. The number of benzene rings is 10. The molecule has 9 heteroatoms. The Morgan fingerprint density at radius 2 is 0.776 bits per heavy atom. The van der Waals surface area contributed by atoms with Crippen LogP contribution in [0.3, 0.4) is 0 Å². The largest absolute Gasteiger partial charge is 0.454 e. The molecule has 0 bridgehead atoms. The third-order valence-corrected chi connectivity index (χ3v) is 15.8. The molecule has 0 radical (unpaired) electrons. The van der Waals surface area contributed by atoms with Crippen LogP contribution in [-0.2, 0) is 0 Å². The molecule has 0 fully saturated rings. The topological polar surface area (TPSA) is 95.2 Å². The van der Waals surface area contributed by atoms with Crippen molar-refractivity contribution in [3.05, 3.63) is 223 Å². The Labute approximate surface area is 429 Å². The summed E-state index contributed by atoms with van der Waals surface area (Å²) < 4.78 is 27.6. The summed E-state index contributed by atoms with van der Waals surface area (Å²) in [6.45, 7) is 9.87. The van der Waals surface area contributed by atoms with Crippen LogP contribution in [0.2, 0.25) is 0 Å². The maximum Gasteiger partial charge on any atom is 0.237 e. The van der Waals surface area contributed by atoms with Gasteiger partial charge in [-0.05, 0) is 60.7 Å². The summed E-state index contributed by atoms with van der Waals surface area (Å²) in [5, 5.41) is 23.9.